The van der Waals surface area contributed by atoms with E-state index >= 15 is 0 Å². The third-order valence-corrected chi connectivity index (χ3v) is 6.69. The molecule has 33 heavy (non-hydrogen) atoms. The molecule has 1 fully saturated rings. The van der Waals surface area contributed by atoms with Crippen LogP contribution in [0.2, 0.25) is 0 Å². The number of ether oxygens (including phenoxy) is 1. The summed E-state index contributed by atoms with van der Waals surface area (Å²) in [5, 5.41) is 16.1. The number of aromatic nitrogens is 4. The van der Waals surface area contributed by atoms with Gasteiger partial charge in [-0.25, -0.2) is 9.61 Å². The van der Waals surface area contributed by atoms with Gasteiger partial charge in [0.25, 0.3) is 11.5 Å². The summed E-state index contributed by atoms with van der Waals surface area (Å²) < 4.78 is 8.22. The second-order valence-corrected chi connectivity index (χ2v) is 9.37. The number of alkyl halides is 1. The average Bonchev–Trinajstić information content (AvgIpc) is 3.27. The summed E-state index contributed by atoms with van der Waals surface area (Å²) in [6.45, 7) is 0.633. The molecule has 1 saturated carbocycles. The molecule has 4 aromatic rings. The van der Waals surface area contributed by atoms with Crippen LogP contribution in [0.25, 0.3) is 16.3 Å². The Balaban J connectivity index is 1.25. The van der Waals surface area contributed by atoms with Crippen molar-refractivity contribution in [2.75, 3.05) is 11.0 Å². The van der Waals surface area contributed by atoms with Crippen molar-refractivity contribution in [1.82, 2.24) is 25.1 Å². The fourth-order valence-electron chi connectivity index (χ4n) is 4.60. The Kier molecular flexibility index (Phi) is 6.30. The number of rotatable bonds is 6. The SMILES string of the molecule is O=C(NC1CCC(c2n[nH]c(=O)c3ccccc23)CC1)c1cnn2cc(OCCI)ccc12. The fraction of sp³-hybridized carbons (Fsp3) is 0.333. The van der Waals surface area contributed by atoms with Crippen LogP contribution in [0.1, 0.15) is 47.7 Å². The Morgan fingerprint density at radius 3 is 2.73 bits per heavy atom. The number of nitrogens with zero attached hydrogens (tertiary/aromatic N) is 3. The summed E-state index contributed by atoms with van der Waals surface area (Å²) in [6, 6.07) is 11.4. The molecule has 0 unspecified atom stereocenters. The third kappa shape index (κ3) is 4.46. The van der Waals surface area contributed by atoms with Gasteiger partial charge in [0, 0.05) is 21.8 Å². The minimum absolute atomic E-state index is 0.101. The number of aromatic amines is 1. The van der Waals surface area contributed by atoms with Crippen LogP contribution >= 0.6 is 22.6 Å². The van der Waals surface area contributed by atoms with Crippen LogP contribution in [0, 0.1) is 0 Å². The third-order valence-electron chi connectivity index (χ3n) is 6.25. The first-order valence-corrected chi connectivity index (χ1v) is 12.6. The molecular formula is C24H24IN5O3. The van der Waals surface area contributed by atoms with Gasteiger partial charge < -0.3 is 10.1 Å². The standard InChI is InChI=1S/C24H24IN5O3/c25-11-12-33-17-9-10-21-20(13-26-30(21)14-17)23(31)27-16-7-5-15(6-8-16)22-18-3-1-2-4-19(18)24(32)29-28-22/h1-4,9-10,13-16H,5-8,11-12H2,(H,27,31)(H,29,32). The molecular weight excluding hydrogens is 533 g/mol. The van der Waals surface area contributed by atoms with Crippen LogP contribution in [0.15, 0.2) is 53.6 Å². The highest BCUT2D eigenvalue weighted by molar-refractivity contribution is 14.1. The number of halogens is 1. The average molecular weight is 557 g/mol. The monoisotopic (exact) mass is 557 g/mol. The molecule has 0 radical (unpaired) electrons. The van der Waals surface area contributed by atoms with Gasteiger partial charge in [-0.05, 0) is 43.9 Å². The largest absolute Gasteiger partial charge is 0.491 e. The topological polar surface area (TPSA) is 101 Å². The van der Waals surface area contributed by atoms with Crippen molar-refractivity contribution in [1.29, 1.82) is 0 Å². The molecule has 8 nitrogen and oxygen atoms in total. The van der Waals surface area contributed by atoms with Crippen molar-refractivity contribution in [3.05, 3.63) is 70.4 Å². The summed E-state index contributed by atoms with van der Waals surface area (Å²) in [5.74, 6) is 0.885. The van der Waals surface area contributed by atoms with E-state index in [1.54, 1.807) is 16.9 Å². The Bertz CT molecular complexity index is 1360. The Labute approximate surface area is 203 Å². The molecule has 0 bridgehead atoms. The van der Waals surface area contributed by atoms with E-state index in [-0.39, 0.29) is 23.4 Å². The number of H-pyrrole nitrogens is 1. The van der Waals surface area contributed by atoms with Gasteiger partial charge in [0.15, 0.2) is 0 Å². The molecule has 170 valence electrons. The molecule has 3 aromatic heterocycles. The number of hydrogen-bond donors (Lipinski definition) is 2. The first-order chi connectivity index (χ1) is 16.1. The molecule has 9 heteroatoms. The van der Waals surface area contributed by atoms with Gasteiger partial charge in [-0.2, -0.15) is 10.2 Å². The zero-order valence-corrected chi connectivity index (χ0v) is 20.1. The second-order valence-electron chi connectivity index (χ2n) is 8.30. The normalized spacial score (nSPS) is 18.5. The van der Waals surface area contributed by atoms with Crippen molar-refractivity contribution < 1.29 is 9.53 Å². The van der Waals surface area contributed by atoms with E-state index in [1.807, 2.05) is 36.4 Å². The van der Waals surface area contributed by atoms with Crippen LogP contribution in [0.5, 0.6) is 5.75 Å². The maximum atomic E-state index is 13.0. The van der Waals surface area contributed by atoms with Gasteiger partial charge in [0.05, 0.1) is 41.2 Å². The Morgan fingerprint density at radius 1 is 1.15 bits per heavy atom. The van der Waals surface area contributed by atoms with Crippen molar-refractivity contribution in [3.63, 3.8) is 0 Å². The van der Waals surface area contributed by atoms with Gasteiger partial charge in [-0.15, -0.1) is 0 Å². The molecule has 3 heterocycles. The van der Waals surface area contributed by atoms with Crippen LogP contribution in [-0.4, -0.2) is 42.8 Å². The molecule has 1 amide bonds. The van der Waals surface area contributed by atoms with Crippen molar-refractivity contribution >= 4 is 44.8 Å². The molecule has 1 aliphatic rings. The highest BCUT2D eigenvalue weighted by Gasteiger charge is 2.27. The molecule has 0 spiro atoms. The zero-order chi connectivity index (χ0) is 22.8. The number of hydrogen-bond acceptors (Lipinski definition) is 5. The van der Waals surface area contributed by atoms with Crippen LogP contribution in [0.3, 0.4) is 0 Å². The summed E-state index contributed by atoms with van der Waals surface area (Å²) >= 11 is 2.26. The van der Waals surface area contributed by atoms with E-state index in [0.29, 0.717) is 17.6 Å². The predicted molar refractivity (Wildman–Crippen MR) is 134 cm³/mol. The Hall–Kier alpha value is -2.95. The molecule has 1 aromatic carbocycles. The van der Waals surface area contributed by atoms with E-state index in [0.717, 1.165) is 52.5 Å². The van der Waals surface area contributed by atoms with E-state index in [9.17, 15) is 9.59 Å². The summed E-state index contributed by atoms with van der Waals surface area (Å²) in [6.07, 6.45) is 6.93. The first kappa shape index (κ1) is 21.9. The molecule has 1 aliphatic carbocycles. The van der Waals surface area contributed by atoms with Gasteiger partial charge in [-0.1, -0.05) is 40.8 Å². The van der Waals surface area contributed by atoms with Crippen molar-refractivity contribution in [2.24, 2.45) is 0 Å². The van der Waals surface area contributed by atoms with E-state index < -0.39 is 0 Å². The van der Waals surface area contributed by atoms with Gasteiger partial charge >= 0.3 is 0 Å². The minimum atomic E-state index is -0.160. The number of pyridine rings is 1. The summed E-state index contributed by atoms with van der Waals surface area (Å²) in [7, 11) is 0. The lowest BCUT2D eigenvalue weighted by molar-refractivity contribution is 0.0927. The zero-order valence-electron chi connectivity index (χ0n) is 18.0. The van der Waals surface area contributed by atoms with Gasteiger partial charge in [0.2, 0.25) is 0 Å². The fourth-order valence-corrected chi connectivity index (χ4v) is 4.82. The molecule has 5 rings (SSSR count). The molecule has 2 N–H and O–H groups in total. The van der Waals surface area contributed by atoms with E-state index in [4.69, 9.17) is 4.74 Å². The lowest BCUT2D eigenvalue weighted by Gasteiger charge is -2.29. The number of fused-ring (bicyclic) bond motifs is 2. The van der Waals surface area contributed by atoms with Crippen molar-refractivity contribution in [2.45, 2.75) is 37.6 Å². The first-order valence-electron chi connectivity index (χ1n) is 11.1. The van der Waals surface area contributed by atoms with Gasteiger partial charge in [-0.3, -0.25) is 9.59 Å². The van der Waals surface area contributed by atoms with Crippen LogP contribution in [-0.2, 0) is 0 Å². The molecule has 0 aliphatic heterocycles. The van der Waals surface area contributed by atoms with Gasteiger partial charge in [0.1, 0.15) is 5.75 Å². The lowest BCUT2D eigenvalue weighted by Crippen LogP contribution is -2.37. The quantitative estimate of drug-likeness (QED) is 0.277. The number of carbonyl (C=O) groups excluding carboxylic acids is 1. The summed E-state index contributed by atoms with van der Waals surface area (Å²) in [5.41, 5.74) is 2.10. The maximum absolute atomic E-state index is 13.0. The summed E-state index contributed by atoms with van der Waals surface area (Å²) in [4.78, 5) is 25.0. The highest BCUT2D eigenvalue weighted by atomic mass is 127. The second kappa shape index (κ2) is 9.50. The minimum Gasteiger partial charge on any atom is -0.491 e. The van der Waals surface area contributed by atoms with E-state index in [1.165, 1.54) is 0 Å². The highest BCUT2D eigenvalue weighted by Crippen LogP contribution is 2.34. The number of benzene rings is 1. The van der Waals surface area contributed by atoms with Crippen LogP contribution < -0.4 is 15.6 Å². The number of carbonyl (C=O) groups is 1. The van der Waals surface area contributed by atoms with Crippen LogP contribution in [0.4, 0.5) is 0 Å². The lowest BCUT2D eigenvalue weighted by atomic mass is 9.82. The van der Waals surface area contributed by atoms with Crippen molar-refractivity contribution in [3.8, 4) is 5.75 Å². The van der Waals surface area contributed by atoms with E-state index in [2.05, 4.69) is 43.2 Å². The Morgan fingerprint density at radius 2 is 1.94 bits per heavy atom. The maximum Gasteiger partial charge on any atom is 0.272 e. The molecule has 0 atom stereocenters. The number of amides is 1. The predicted octanol–water partition coefficient (Wildman–Crippen LogP) is 3.84. The number of nitrogens with one attached hydrogen (secondary N) is 2. The molecule has 0 saturated heterocycles. The smallest absolute Gasteiger partial charge is 0.272 e.